The van der Waals surface area contributed by atoms with Gasteiger partial charge in [0.1, 0.15) is 23.3 Å². The van der Waals surface area contributed by atoms with Gasteiger partial charge in [-0.25, -0.2) is 9.59 Å². The Hall–Kier alpha value is -2.64. The van der Waals surface area contributed by atoms with Crippen molar-refractivity contribution in [3.05, 3.63) is 24.4 Å². The third kappa shape index (κ3) is 6.72. The Kier molecular flexibility index (Phi) is 10.4. The fourth-order valence-electron chi connectivity index (χ4n) is 13.9. The zero-order chi connectivity index (χ0) is 38.9. The molecule has 0 spiro atoms. The van der Waals surface area contributed by atoms with Gasteiger partial charge in [-0.15, -0.1) is 0 Å². The van der Waals surface area contributed by atoms with E-state index in [-0.39, 0.29) is 69.1 Å². The van der Waals surface area contributed by atoms with Gasteiger partial charge in [0, 0.05) is 49.3 Å². The lowest BCUT2D eigenvalue weighted by Crippen LogP contribution is -2.67. The van der Waals surface area contributed by atoms with E-state index in [0.717, 1.165) is 57.8 Å². The van der Waals surface area contributed by atoms with Gasteiger partial charge in [0.05, 0.1) is 6.42 Å². The number of piperazine rings is 1. The average molecular weight is 735 g/mol. The first-order chi connectivity index (χ1) is 24.6. The molecule has 296 valence electrons. The van der Waals surface area contributed by atoms with Gasteiger partial charge in [0.25, 0.3) is 0 Å². The van der Waals surface area contributed by atoms with Gasteiger partial charge in [-0.1, -0.05) is 46.8 Å². The predicted molar refractivity (Wildman–Crippen MR) is 208 cm³/mol. The minimum Gasteiger partial charge on any atom is -0.459 e. The number of rotatable bonds is 7. The minimum atomic E-state index is -0.523. The first kappa shape index (κ1) is 40.0. The van der Waals surface area contributed by atoms with Crippen molar-refractivity contribution in [2.75, 3.05) is 26.2 Å². The van der Waals surface area contributed by atoms with Crippen molar-refractivity contribution in [1.82, 2.24) is 9.80 Å². The van der Waals surface area contributed by atoms with Gasteiger partial charge in [-0.05, 0) is 145 Å². The molecule has 0 aromatic carbocycles. The molecule has 8 nitrogen and oxygen atoms in total. The molecule has 1 saturated heterocycles. The molecule has 6 fully saturated rings. The molecule has 0 radical (unpaired) electrons. The summed E-state index contributed by atoms with van der Waals surface area (Å²) in [5.74, 6) is 2.00. The van der Waals surface area contributed by atoms with Crippen LogP contribution in [0.15, 0.2) is 24.4 Å². The van der Waals surface area contributed by atoms with E-state index in [1.54, 1.807) is 17.9 Å². The van der Waals surface area contributed by atoms with E-state index in [4.69, 9.17) is 9.47 Å². The molecule has 0 bridgehead atoms. The van der Waals surface area contributed by atoms with Gasteiger partial charge in [0.2, 0.25) is 0 Å². The Morgan fingerprint density at radius 3 is 2.09 bits per heavy atom. The summed E-state index contributed by atoms with van der Waals surface area (Å²) in [6, 6.07) is 0. The molecule has 6 aliphatic rings. The third-order valence-electron chi connectivity index (χ3n) is 16.6. The van der Waals surface area contributed by atoms with Crippen LogP contribution in [0.1, 0.15) is 140 Å². The van der Waals surface area contributed by atoms with E-state index in [0.29, 0.717) is 49.9 Å². The lowest BCUT2D eigenvalue weighted by molar-refractivity contribution is -0.248. The zero-order valence-corrected chi connectivity index (χ0v) is 34.8. The number of fused-ring (bicyclic) bond motifs is 7. The molecule has 1 amide bonds. The molecular formula is C45H70N2O6. The van der Waals surface area contributed by atoms with Crippen LogP contribution >= 0.6 is 0 Å². The molecule has 0 unspecified atom stereocenters. The maximum absolute atomic E-state index is 14.0. The van der Waals surface area contributed by atoms with Crippen molar-refractivity contribution in [2.45, 2.75) is 152 Å². The molecule has 0 N–H and O–H groups in total. The molecule has 8 heteroatoms. The van der Waals surface area contributed by atoms with Crippen LogP contribution in [0.4, 0.5) is 4.79 Å². The first-order valence-corrected chi connectivity index (χ1v) is 20.9. The smallest absolute Gasteiger partial charge is 0.410 e. The number of nitrogens with zero attached hydrogens (tertiary/aromatic N) is 2. The highest BCUT2D eigenvalue weighted by Gasteiger charge is 2.72. The molecular weight excluding hydrogens is 665 g/mol. The molecule has 1 heterocycles. The van der Waals surface area contributed by atoms with E-state index in [1.165, 1.54) is 12.0 Å². The standard InChI is InChI=1S/C45H70N2O6/c1-29(2)31-14-20-45(35(49)28-30(3)48)22-21-43(10)32(38(31)45)12-13-34-42(9)18-16-36(41(7,8)33(42)15-19-44(34,43)11)52-37(50)17-23-46-24-26-47(27-25-46)39(51)53-40(4,5)6/h17,23,31-34,36,38H,1,12-16,18-22,24-28H2,2-11H3/b23-17+/t31-,32+,33-,34+,36-,38+,42-,43+,44+,45+/m0/s1. The lowest BCUT2D eigenvalue weighted by Gasteiger charge is -2.73. The summed E-state index contributed by atoms with van der Waals surface area (Å²) in [6.07, 6.45) is 13.4. The van der Waals surface area contributed by atoms with Crippen LogP contribution in [-0.4, -0.2) is 71.3 Å². The number of carbonyl (C=O) groups is 4. The van der Waals surface area contributed by atoms with E-state index in [9.17, 15) is 19.2 Å². The minimum absolute atomic E-state index is 0.00716. The lowest BCUT2D eigenvalue weighted by atomic mass is 9.32. The van der Waals surface area contributed by atoms with E-state index < -0.39 is 5.60 Å². The van der Waals surface area contributed by atoms with Crippen LogP contribution in [0.3, 0.4) is 0 Å². The summed E-state index contributed by atoms with van der Waals surface area (Å²) in [5, 5.41) is 0. The number of amides is 1. The number of hydrogen-bond acceptors (Lipinski definition) is 7. The van der Waals surface area contributed by atoms with Crippen LogP contribution in [0.25, 0.3) is 0 Å². The number of allylic oxidation sites excluding steroid dienone is 1. The summed E-state index contributed by atoms with van der Waals surface area (Å²) >= 11 is 0. The van der Waals surface area contributed by atoms with E-state index in [1.807, 2.05) is 27.0 Å². The second-order valence-corrected chi connectivity index (χ2v) is 20.7. The second-order valence-electron chi connectivity index (χ2n) is 20.7. The molecule has 5 saturated carbocycles. The summed E-state index contributed by atoms with van der Waals surface area (Å²) < 4.78 is 11.8. The number of Topliss-reactive ketones (excluding diaryl/α,β-unsaturated/α-hetero) is 2. The normalized spacial score (nSPS) is 40.7. The number of esters is 1. The zero-order valence-electron chi connectivity index (χ0n) is 34.8. The molecule has 53 heavy (non-hydrogen) atoms. The van der Waals surface area contributed by atoms with Crippen molar-refractivity contribution in [3.8, 4) is 0 Å². The van der Waals surface area contributed by atoms with Gasteiger partial charge in [-0.2, -0.15) is 0 Å². The quantitative estimate of drug-likeness (QED) is 0.111. The van der Waals surface area contributed by atoms with Crippen LogP contribution in [0.5, 0.6) is 0 Å². The van der Waals surface area contributed by atoms with Crippen LogP contribution in [0, 0.1) is 56.7 Å². The molecule has 10 atom stereocenters. The molecule has 0 aromatic heterocycles. The number of ether oxygens (including phenoxy) is 2. The van der Waals surface area contributed by atoms with Crippen molar-refractivity contribution in [3.63, 3.8) is 0 Å². The Labute approximate surface area is 320 Å². The Bertz CT molecular complexity index is 1520. The monoisotopic (exact) mass is 735 g/mol. The number of ketones is 2. The fourth-order valence-corrected chi connectivity index (χ4v) is 13.9. The molecule has 6 rings (SSSR count). The van der Waals surface area contributed by atoms with Gasteiger partial charge < -0.3 is 19.3 Å². The van der Waals surface area contributed by atoms with Crippen LogP contribution in [-0.2, 0) is 23.9 Å². The molecule has 5 aliphatic carbocycles. The van der Waals surface area contributed by atoms with E-state index in [2.05, 4.69) is 53.0 Å². The summed E-state index contributed by atoms with van der Waals surface area (Å²) in [5.41, 5.74) is 0.552. The fraction of sp³-hybridized carbons (Fsp3) is 0.822. The highest BCUT2D eigenvalue weighted by molar-refractivity contribution is 6.01. The summed E-state index contributed by atoms with van der Waals surface area (Å²) in [7, 11) is 0. The van der Waals surface area contributed by atoms with Crippen LogP contribution in [0.2, 0.25) is 0 Å². The van der Waals surface area contributed by atoms with Gasteiger partial charge >= 0.3 is 12.1 Å². The highest BCUT2D eigenvalue weighted by Crippen LogP contribution is 2.77. The third-order valence-corrected chi connectivity index (χ3v) is 16.6. The topological polar surface area (TPSA) is 93.2 Å². The Balaban J connectivity index is 1.14. The van der Waals surface area contributed by atoms with Crippen molar-refractivity contribution in [1.29, 1.82) is 0 Å². The Morgan fingerprint density at radius 1 is 0.792 bits per heavy atom. The van der Waals surface area contributed by atoms with Crippen molar-refractivity contribution in [2.24, 2.45) is 56.7 Å². The first-order valence-electron chi connectivity index (χ1n) is 20.9. The summed E-state index contributed by atoms with van der Waals surface area (Å²) in [6.45, 7) is 28.7. The molecule has 0 aromatic rings. The Morgan fingerprint density at radius 2 is 1.47 bits per heavy atom. The maximum Gasteiger partial charge on any atom is 0.410 e. The van der Waals surface area contributed by atoms with Gasteiger partial charge in [-0.3, -0.25) is 9.59 Å². The maximum atomic E-state index is 14.0. The number of hydrogen-bond donors (Lipinski definition) is 0. The average Bonchev–Trinajstić information content (AvgIpc) is 3.46. The van der Waals surface area contributed by atoms with Crippen LogP contribution < -0.4 is 0 Å². The number of carbonyl (C=O) groups excluding carboxylic acids is 4. The van der Waals surface area contributed by atoms with Crippen molar-refractivity contribution >= 4 is 23.6 Å². The highest BCUT2D eigenvalue weighted by atomic mass is 16.6. The second kappa shape index (κ2) is 13.8. The largest absolute Gasteiger partial charge is 0.459 e. The van der Waals surface area contributed by atoms with Crippen molar-refractivity contribution < 1.29 is 28.7 Å². The van der Waals surface area contributed by atoms with Gasteiger partial charge in [0.15, 0.2) is 0 Å². The SMILES string of the molecule is C=C(C)[C@@H]1CC[C@]2(C(=O)CC(C)=O)CC[C@]3(C)[C@H](CC[C@@H]4[C@@]5(C)CC[C@H](OC(=O)/C=C/N6CCN(C(=O)OC(C)(C)C)CC6)C(C)(C)[C@@H]5CC[C@]43C)[C@@H]12. The van der Waals surface area contributed by atoms with E-state index >= 15 is 0 Å². The summed E-state index contributed by atoms with van der Waals surface area (Å²) in [4.78, 5) is 55.9. The predicted octanol–water partition coefficient (Wildman–Crippen LogP) is 9.17. The molecule has 1 aliphatic heterocycles.